The van der Waals surface area contributed by atoms with Crippen LogP contribution < -0.4 is 10.6 Å². The third-order valence-corrected chi connectivity index (χ3v) is 5.06. The molecule has 0 bridgehead atoms. The number of carbonyl (C=O) groups is 1. The number of anilines is 2. The molecule has 0 radical (unpaired) electrons. The number of carbonyl (C=O) groups excluding carboxylic acids is 1. The van der Waals surface area contributed by atoms with E-state index < -0.39 is 5.92 Å². The molecule has 0 aliphatic carbocycles. The molecule has 29 heavy (non-hydrogen) atoms. The molecular formula is C21H27N7O. The van der Waals surface area contributed by atoms with Crippen molar-refractivity contribution < 1.29 is 4.79 Å². The fourth-order valence-corrected chi connectivity index (χ4v) is 3.66. The van der Waals surface area contributed by atoms with E-state index in [4.69, 9.17) is 4.98 Å². The van der Waals surface area contributed by atoms with Gasteiger partial charge in [0.1, 0.15) is 5.92 Å². The predicted molar refractivity (Wildman–Crippen MR) is 114 cm³/mol. The van der Waals surface area contributed by atoms with Gasteiger partial charge >= 0.3 is 0 Å². The van der Waals surface area contributed by atoms with Gasteiger partial charge in [0.15, 0.2) is 5.65 Å². The van der Waals surface area contributed by atoms with E-state index in [-0.39, 0.29) is 5.91 Å². The lowest BCUT2D eigenvalue weighted by atomic mass is 9.94. The van der Waals surface area contributed by atoms with Crippen LogP contribution in [0, 0.1) is 6.92 Å². The van der Waals surface area contributed by atoms with Gasteiger partial charge in [-0.3, -0.25) is 9.48 Å². The molecule has 0 saturated carbocycles. The van der Waals surface area contributed by atoms with Crippen molar-refractivity contribution in [2.75, 3.05) is 37.8 Å². The lowest BCUT2D eigenvalue weighted by Gasteiger charge is -2.13. The van der Waals surface area contributed by atoms with Crippen molar-refractivity contribution in [3.8, 4) is 0 Å². The number of aryl methyl sites for hydroxylation is 2. The first-order valence-electron chi connectivity index (χ1n) is 10.0. The second-order valence-electron chi connectivity index (χ2n) is 7.80. The van der Waals surface area contributed by atoms with Crippen molar-refractivity contribution in [3.05, 3.63) is 41.2 Å². The predicted octanol–water partition coefficient (Wildman–Crippen LogP) is 2.60. The van der Waals surface area contributed by atoms with Crippen LogP contribution in [0.1, 0.15) is 36.1 Å². The van der Waals surface area contributed by atoms with E-state index in [9.17, 15) is 4.79 Å². The van der Waals surface area contributed by atoms with Gasteiger partial charge in [0.05, 0.1) is 11.1 Å². The van der Waals surface area contributed by atoms with Gasteiger partial charge < -0.3 is 15.5 Å². The maximum absolute atomic E-state index is 12.9. The summed E-state index contributed by atoms with van der Waals surface area (Å²) >= 11 is 0. The van der Waals surface area contributed by atoms with Gasteiger partial charge in [0.2, 0.25) is 11.9 Å². The Morgan fingerprint density at radius 1 is 1.28 bits per heavy atom. The van der Waals surface area contributed by atoms with Crippen LogP contribution in [0.25, 0.3) is 11.0 Å². The highest BCUT2D eigenvalue weighted by Crippen LogP contribution is 2.39. The minimum absolute atomic E-state index is 0.0620. The van der Waals surface area contributed by atoms with E-state index in [0.717, 1.165) is 41.7 Å². The summed E-state index contributed by atoms with van der Waals surface area (Å²) in [6.45, 7) is 6.50. The monoisotopic (exact) mass is 393 g/mol. The standard InChI is InChI=1S/C21H27N7O/c1-5-9-28-12-15-18(17-14-11-13(2)6-7-16(14)23-20(17)29)24-21(25-19(15)26-28)22-8-10-27(3)4/h6-7,11-12,17H,5,8-10H2,1-4H3,(H,23,29)(H,22,25,26). The second kappa shape index (κ2) is 7.79. The maximum Gasteiger partial charge on any atom is 0.238 e. The second-order valence-corrected chi connectivity index (χ2v) is 7.80. The third-order valence-electron chi connectivity index (χ3n) is 5.06. The summed E-state index contributed by atoms with van der Waals surface area (Å²) in [5.41, 5.74) is 4.23. The summed E-state index contributed by atoms with van der Waals surface area (Å²) in [5.74, 6) is -0.0258. The Kier molecular flexibility index (Phi) is 5.19. The molecule has 0 saturated heterocycles. The number of hydrogen-bond acceptors (Lipinski definition) is 6. The molecule has 3 aromatic rings. The molecule has 8 heteroatoms. The van der Waals surface area contributed by atoms with Crippen LogP contribution in [0.4, 0.5) is 11.6 Å². The van der Waals surface area contributed by atoms with E-state index in [1.807, 2.05) is 44.0 Å². The molecule has 1 atom stereocenters. The molecule has 8 nitrogen and oxygen atoms in total. The number of benzene rings is 1. The molecule has 0 spiro atoms. The van der Waals surface area contributed by atoms with Crippen LogP contribution in [0.2, 0.25) is 0 Å². The zero-order valence-electron chi connectivity index (χ0n) is 17.4. The summed E-state index contributed by atoms with van der Waals surface area (Å²) in [6.07, 6.45) is 2.93. The van der Waals surface area contributed by atoms with Crippen molar-refractivity contribution in [1.29, 1.82) is 0 Å². The number of amides is 1. The number of nitrogens with zero attached hydrogens (tertiary/aromatic N) is 5. The Hall–Kier alpha value is -3.00. The summed E-state index contributed by atoms with van der Waals surface area (Å²) in [7, 11) is 4.04. The van der Waals surface area contributed by atoms with E-state index in [1.54, 1.807) is 0 Å². The quantitative estimate of drug-likeness (QED) is 0.642. The van der Waals surface area contributed by atoms with Crippen molar-refractivity contribution >= 4 is 28.6 Å². The molecule has 1 amide bonds. The minimum Gasteiger partial charge on any atom is -0.353 e. The van der Waals surface area contributed by atoms with Crippen LogP contribution in [0.3, 0.4) is 0 Å². The van der Waals surface area contributed by atoms with Gasteiger partial charge in [-0.15, -0.1) is 0 Å². The summed E-state index contributed by atoms with van der Waals surface area (Å²) in [4.78, 5) is 24.4. The Bertz CT molecular complexity index is 1060. The van der Waals surface area contributed by atoms with E-state index in [0.29, 0.717) is 23.8 Å². The Balaban J connectivity index is 1.81. The number of likely N-dealkylation sites (N-methyl/N-ethyl adjacent to an activating group) is 1. The van der Waals surface area contributed by atoms with Crippen LogP contribution in [-0.2, 0) is 11.3 Å². The fraction of sp³-hybridized carbons (Fsp3) is 0.429. The number of fused-ring (bicyclic) bond motifs is 2. The van der Waals surface area contributed by atoms with Crippen molar-refractivity contribution in [2.24, 2.45) is 0 Å². The van der Waals surface area contributed by atoms with E-state index in [1.165, 1.54) is 0 Å². The zero-order chi connectivity index (χ0) is 20.5. The number of hydrogen-bond donors (Lipinski definition) is 2. The molecular weight excluding hydrogens is 366 g/mol. The highest BCUT2D eigenvalue weighted by molar-refractivity contribution is 6.06. The van der Waals surface area contributed by atoms with Crippen molar-refractivity contribution in [1.82, 2.24) is 24.6 Å². The van der Waals surface area contributed by atoms with Gasteiger partial charge in [-0.25, -0.2) is 4.98 Å². The molecule has 1 aromatic carbocycles. The van der Waals surface area contributed by atoms with E-state index in [2.05, 4.69) is 38.6 Å². The Labute approximate surface area is 170 Å². The van der Waals surface area contributed by atoms with Crippen LogP contribution >= 0.6 is 0 Å². The normalized spacial score (nSPS) is 15.8. The molecule has 1 aliphatic rings. The fourth-order valence-electron chi connectivity index (χ4n) is 3.66. The van der Waals surface area contributed by atoms with Gasteiger partial charge in [-0.1, -0.05) is 24.6 Å². The van der Waals surface area contributed by atoms with Gasteiger partial charge in [-0.05, 0) is 39.1 Å². The number of nitrogens with one attached hydrogen (secondary N) is 2. The lowest BCUT2D eigenvalue weighted by molar-refractivity contribution is -0.116. The first-order valence-corrected chi connectivity index (χ1v) is 10.0. The highest BCUT2D eigenvalue weighted by Gasteiger charge is 2.35. The summed E-state index contributed by atoms with van der Waals surface area (Å²) in [5, 5.41) is 11.7. The molecule has 152 valence electrons. The van der Waals surface area contributed by atoms with Crippen LogP contribution in [0.5, 0.6) is 0 Å². The summed E-state index contributed by atoms with van der Waals surface area (Å²) < 4.78 is 1.89. The molecule has 0 fully saturated rings. The van der Waals surface area contributed by atoms with E-state index >= 15 is 0 Å². The third kappa shape index (κ3) is 3.80. The molecule has 2 aromatic heterocycles. The molecule has 1 unspecified atom stereocenters. The van der Waals surface area contributed by atoms with Crippen LogP contribution in [0.15, 0.2) is 24.4 Å². The largest absolute Gasteiger partial charge is 0.353 e. The molecule has 1 aliphatic heterocycles. The minimum atomic E-state index is -0.468. The molecule has 2 N–H and O–H groups in total. The first kappa shape index (κ1) is 19.3. The maximum atomic E-state index is 12.9. The Morgan fingerprint density at radius 2 is 2.10 bits per heavy atom. The first-order chi connectivity index (χ1) is 14.0. The van der Waals surface area contributed by atoms with Crippen molar-refractivity contribution in [2.45, 2.75) is 32.7 Å². The average Bonchev–Trinajstić information content (AvgIpc) is 3.20. The molecule has 3 heterocycles. The smallest absolute Gasteiger partial charge is 0.238 e. The SMILES string of the molecule is CCCn1cc2c(C3C(=O)Nc4ccc(C)cc43)nc(NCCN(C)C)nc2n1. The Morgan fingerprint density at radius 3 is 2.86 bits per heavy atom. The zero-order valence-corrected chi connectivity index (χ0v) is 17.4. The van der Waals surface area contributed by atoms with Crippen molar-refractivity contribution in [3.63, 3.8) is 0 Å². The molecule has 4 rings (SSSR count). The van der Waals surface area contributed by atoms with Crippen LogP contribution in [-0.4, -0.2) is 57.7 Å². The van der Waals surface area contributed by atoms with Gasteiger partial charge in [-0.2, -0.15) is 10.1 Å². The summed E-state index contributed by atoms with van der Waals surface area (Å²) in [6, 6.07) is 6.02. The number of rotatable bonds is 7. The van der Waals surface area contributed by atoms with Gasteiger partial charge in [0, 0.05) is 31.5 Å². The highest BCUT2D eigenvalue weighted by atomic mass is 16.2. The average molecular weight is 393 g/mol. The topological polar surface area (TPSA) is 88.0 Å². The van der Waals surface area contributed by atoms with Gasteiger partial charge in [0.25, 0.3) is 0 Å². The lowest BCUT2D eigenvalue weighted by Crippen LogP contribution is -2.22. The number of aromatic nitrogens is 4.